The van der Waals surface area contributed by atoms with Crippen molar-refractivity contribution in [2.45, 2.75) is 57.3 Å². The Kier molecular flexibility index (Phi) is 10.2. The Bertz CT molecular complexity index is 4470. The summed E-state index contributed by atoms with van der Waals surface area (Å²) in [5.41, 5.74) is 24.3. The van der Waals surface area contributed by atoms with Crippen molar-refractivity contribution in [3.05, 3.63) is 258 Å². The Balaban J connectivity index is 0.742. The van der Waals surface area contributed by atoms with E-state index in [0.717, 1.165) is 96.7 Å². The molecule has 3 aromatic heterocycles. The molecular formula is C73H54O3. The third-order valence-electron chi connectivity index (χ3n) is 17.0. The van der Waals surface area contributed by atoms with Crippen molar-refractivity contribution in [1.82, 2.24) is 0 Å². The number of fused-ring (bicyclic) bond motifs is 12. The summed E-state index contributed by atoms with van der Waals surface area (Å²) in [6.07, 6.45) is 7.40. The smallest absolute Gasteiger partial charge is 0.143 e. The Labute approximate surface area is 442 Å². The Morgan fingerprint density at radius 1 is 0.434 bits per heavy atom. The second-order valence-electron chi connectivity index (χ2n) is 21.8. The molecule has 2 atom stereocenters. The van der Waals surface area contributed by atoms with Gasteiger partial charge in [0.2, 0.25) is 0 Å². The lowest BCUT2D eigenvalue weighted by Gasteiger charge is -2.22. The van der Waals surface area contributed by atoms with Gasteiger partial charge in [0, 0.05) is 66.4 Å². The first-order valence-electron chi connectivity index (χ1n) is 26.9. The highest BCUT2D eigenvalue weighted by Gasteiger charge is 2.36. The molecule has 2 aliphatic rings. The summed E-state index contributed by atoms with van der Waals surface area (Å²) in [5.74, 6) is 1.60. The van der Waals surface area contributed by atoms with Gasteiger partial charge < -0.3 is 13.3 Å². The highest BCUT2D eigenvalue weighted by atomic mass is 16.3. The van der Waals surface area contributed by atoms with Gasteiger partial charge in [-0.1, -0.05) is 221 Å². The van der Waals surface area contributed by atoms with Gasteiger partial charge >= 0.3 is 0 Å². The van der Waals surface area contributed by atoms with Crippen molar-refractivity contribution in [2.75, 3.05) is 0 Å². The number of hydrogen-bond donors (Lipinski definition) is 0. The van der Waals surface area contributed by atoms with Gasteiger partial charge in [-0.3, -0.25) is 0 Å². The SMILES string of the molecule is CC1CC=Cc2c1oc1c(-c3cccc([C@@H](CCc4ccc(-c5ccc6c(c5)-c5ccc(-c7cccc8c7oc7ccccc78)cc5C6(C)C)cc4)c4ccc(-c5cccc6c5oc5ccccc56)cc4)c3)cccc21. The average Bonchev–Trinajstić information content (AvgIpc) is 4.30. The van der Waals surface area contributed by atoms with Crippen LogP contribution in [0.1, 0.15) is 84.6 Å². The molecule has 0 saturated carbocycles. The van der Waals surface area contributed by atoms with Crippen LogP contribution in [0.3, 0.4) is 0 Å². The maximum absolute atomic E-state index is 6.75. The number of aryl methyl sites for hydroxylation is 1. The van der Waals surface area contributed by atoms with E-state index >= 15 is 0 Å². The molecule has 1 unspecified atom stereocenters. The van der Waals surface area contributed by atoms with E-state index in [2.05, 4.69) is 233 Å². The van der Waals surface area contributed by atoms with Crippen molar-refractivity contribution >= 4 is 60.9 Å². The van der Waals surface area contributed by atoms with Crippen molar-refractivity contribution in [2.24, 2.45) is 0 Å². The summed E-state index contributed by atoms with van der Waals surface area (Å²) in [4.78, 5) is 0. The number of rotatable bonds is 9. The summed E-state index contributed by atoms with van der Waals surface area (Å²) in [7, 11) is 0. The monoisotopic (exact) mass is 978 g/mol. The summed E-state index contributed by atoms with van der Waals surface area (Å²) >= 11 is 0. The van der Waals surface area contributed by atoms with Crippen LogP contribution in [0.4, 0.5) is 0 Å². The molecule has 364 valence electrons. The number of benzene rings is 10. The van der Waals surface area contributed by atoms with Crippen LogP contribution in [-0.4, -0.2) is 0 Å². The minimum absolute atomic E-state index is 0.147. The summed E-state index contributed by atoms with van der Waals surface area (Å²) in [6.45, 7) is 6.99. The molecule has 3 nitrogen and oxygen atoms in total. The van der Waals surface area contributed by atoms with Gasteiger partial charge in [-0.2, -0.15) is 0 Å². The van der Waals surface area contributed by atoms with E-state index in [0.29, 0.717) is 5.92 Å². The van der Waals surface area contributed by atoms with E-state index < -0.39 is 0 Å². The summed E-state index contributed by atoms with van der Waals surface area (Å²) < 4.78 is 19.7. The highest BCUT2D eigenvalue weighted by molar-refractivity contribution is 6.11. The van der Waals surface area contributed by atoms with Crippen molar-refractivity contribution in [1.29, 1.82) is 0 Å². The molecule has 3 heteroatoms. The molecule has 13 aromatic rings. The first-order valence-corrected chi connectivity index (χ1v) is 26.9. The molecule has 0 aliphatic heterocycles. The minimum Gasteiger partial charge on any atom is -0.459 e. The van der Waals surface area contributed by atoms with E-state index in [-0.39, 0.29) is 11.3 Å². The van der Waals surface area contributed by atoms with Crippen LogP contribution >= 0.6 is 0 Å². The second kappa shape index (κ2) is 17.3. The molecule has 0 bridgehead atoms. The molecule has 0 fully saturated rings. The van der Waals surface area contributed by atoms with E-state index in [1.54, 1.807) is 0 Å². The Hall–Kier alpha value is -8.92. The number of furan rings is 3. The minimum atomic E-state index is -0.147. The molecular weight excluding hydrogens is 925 g/mol. The van der Waals surface area contributed by atoms with Gasteiger partial charge in [0.15, 0.2) is 0 Å². The number of para-hydroxylation sites is 5. The van der Waals surface area contributed by atoms with Gasteiger partial charge in [-0.25, -0.2) is 0 Å². The van der Waals surface area contributed by atoms with Crippen LogP contribution in [-0.2, 0) is 11.8 Å². The average molecular weight is 979 g/mol. The standard InChI is InChI=1S/C73H54O3/c1-44-13-8-21-62-63-24-12-19-55(72(63)76-69(44)62)51-15-9-14-50(41-51)53(47-32-34-48(35-33-47)54-18-10-22-60-58-16-4-6-25-67(58)74-70(54)60)38-29-45-27-30-46(31-28-45)49-37-40-65-64(42-49)57-39-36-52(43-66(57)73(65,2)3)56-20-11-23-61-59-17-5-7-26-68(59)75-71(56)61/h4-12,14-28,30-37,39-44,53H,13,29,38H2,1-3H3/t44?,53-/m0/s1. The van der Waals surface area contributed by atoms with Crippen LogP contribution in [0.5, 0.6) is 0 Å². The maximum Gasteiger partial charge on any atom is 0.143 e. The largest absolute Gasteiger partial charge is 0.459 e. The summed E-state index contributed by atoms with van der Waals surface area (Å²) in [6, 6.07) is 78.1. The fraction of sp³-hybridized carbons (Fsp3) is 0.123. The highest BCUT2D eigenvalue weighted by Crippen LogP contribution is 2.52. The molecule has 10 aromatic carbocycles. The molecule has 76 heavy (non-hydrogen) atoms. The van der Waals surface area contributed by atoms with E-state index in [4.69, 9.17) is 13.3 Å². The molecule has 0 N–H and O–H groups in total. The van der Waals surface area contributed by atoms with Gasteiger partial charge in [0.1, 0.15) is 33.7 Å². The van der Waals surface area contributed by atoms with Crippen molar-refractivity contribution in [3.8, 4) is 55.6 Å². The van der Waals surface area contributed by atoms with E-state index in [1.807, 2.05) is 12.1 Å². The fourth-order valence-electron chi connectivity index (χ4n) is 13.0. The molecule has 15 rings (SSSR count). The number of allylic oxidation sites excluding steroid dienone is 1. The van der Waals surface area contributed by atoms with Gasteiger partial charge in [-0.05, 0) is 110 Å². The molecule has 0 radical (unpaired) electrons. The van der Waals surface area contributed by atoms with Crippen LogP contribution < -0.4 is 0 Å². The zero-order chi connectivity index (χ0) is 50.6. The second-order valence-corrected chi connectivity index (χ2v) is 21.8. The van der Waals surface area contributed by atoms with Crippen LogP contribution in [0.2, 0.25) is 0 Å². The third-order valence-corrected chi connectivity index (χ3v) is 17.0. The molecule has 2 aliphatic carbocycles. The van der Waals surface area contributed by atoms with Crippen LogP contribution in [0.15, 0.2) is 232 Å². The van der Waals surface area contributed by atoms with Gasteiger partial charge in [-0.15, -0.1) is 0 Å². The lowest BCUT2D eigenvalue weighted by Crippen LogP contribution is -2.15. The first-order chi connectivity index (χ1) is 37.3. The van der Waals surface area contributed by atoms with Crippen LogP contribution in [0, 0.1) is 0 Å². The topological polar surface area (TPSA) is 39.4 Å². The molecule has 0 spiro atoms. The lowest BCUT2D eigenvalue weighted by molar-refractivity contribution is 0.504. The van der Waals surface area contributed by atoms with Crippen LogP contribution in [0.25, 0.3) is 117 Å². The van der Waals surface area contributed by atoms with E-state index in [9.17, 15) is 0 Å². The Morgan fingerprint density at radius 3 is 1.72 bits per heavy atom. The normalized spacial score (nSPS) is 15.0. The van der Waals surface area contributed by atoms with Crippen molar-refractivity contribution < 1.29 is 13.3 Å². The van der Waals surface area contributed by atoms with Gasteiger partial charge in [0.25, 0.3) is 0 Å². The molecule has 3 heterocycles. The maximum atomic E-state index is 6.75. The predicted molar refractivity (Wildman–Crippen MR) is 315 cm³/mol. The fourth-order valence-corrected chi connectivity index (χ4v) is 13.0. The zero-order valence-electron chi connectivity index (χ0n) is 42.9. The summed E-state index contributed by atoms with van der Waals surface area (Å²) in [5, 5.41) is 5.78. The molecule has 0 amide bonds. The van der Waals surface area contributed by atoms with Crippen molar-refractivity contribution in [3.63, 3.8) is 0 Å². The predicted octanol–water partition coefficient (Wildman–Crippen LogP) is 20.5. The van der Waals surface area contributed by atoms with E-state index in [1.165, 1.54) is 72.1 Å². The Morgan fingerprint density at radius 2 is 1.01 bits per heavy atom. The lowest BCUT2D eigenvalue weighted by atomic mass is 9.81. The zero-order valence-corrected chi connectivity index (χ0v) is 42.9. The molecule has 0 saturated heterocycles. The number of hydrogen-bond acceptors (Lipinski definition) is 3. The first kappa shape index (κ1) is 44.6. The quantitative estimate of drug-likeness (QED) is 0.145. The third kappa shape index (κ3) is 7.09. The van der Waals surface area contributed by atoms with Gasteiger partial charge in [0.05, 0.1) is 0 Å².